The second kappa shape index (κ2) is 6.19. The van der Waals surface area contributed by atoms with Crippen molar-refractivity contribution in [1.82, 2.24) is 0 Å². The normalized spacial score (nSPS) is 10.3. The molecule has 0 aromatic heterocycles. The van der Waals surface area contributed by atoms with Gasteiger partial charge in [0.25, 0.3) is 0 Å². The van der Waals surface area contributed by atoms with E-state index in [-0.39, 0.29) is 0 Å². The Morgan fingerprint density at radius 1 is 0.842 bits per heavy atom. The fourth-order valence-electron chi connectivity index (χ4n) is 2.52. The highest BCUT2D eigenvalue weighted by Crippen LogP contribution is 2.27. The minimum atomic E-state index is 0.845. The van der Waals surface area contributed by atoms with Crippen molar-refractivity contribution in [1.29, 1.82) is 0 Å². The zero-order valence-electron chi connectivity index (χ0n) is 11.3. The summed E-state index contributed by atoms with van der Waals surface area (Å²) in [5.74, 6) is 0. The van der Waals surface area contributed by atoms with Gasteiger partial charge < -0.3 is 0 Å². The highest BCUT2D eigenvalue weighted by Gasteiger charge is 2.10. The van der Waals surface area contributed by atoms with E-state index in [4.69, 9.17) is 0 Å². The summed E-state index contributed by atoms with van der Waals surface area (Å²) in [4.78, 5) is 0. The first-order chi connectivity index (χ1) is 9.31. The molecule has 0 amide bonds. The van der Waals surface area contributed by atoms with E-state index in [1.807, 2.05) is 18.2 Å². The molecular weight excluding hydrogens is 228 g/mol. The van der Waals surface area contributed by atoms with Crippen molar-refractivity contribution in [3.05, 3.63) is 85.0 Å². The smallest absolute Gasteiger partial charge is 0.00579 e. The van der Waals surface area contributed by atoms with Crippen molar-refractivity contribution in [2.75, 3.05) is 0 Å². The Hall–Kier alpha value is -2.08. The van der Waals surface area contributed by atoms with Crippen LogP contribution in [0.3, 0.4) is 0 Å². The highest BCUT2D eigenvalue weighted by atomic mass is 14.1. The average molecular weight is 247 g/mol. The van der Waals surface area contributed by atoms with E-state index in [0.29, 0.717) is 0 Å². The first kappa shape index (κ1) is 13.4. The molecule has 0 atom stereocenters. The van der Waals surface area contributed by atoms with E-state index in [2.05, 4.69) is 50.1 Å². The molecule has 0 nitrogen and oxygen atoms in total. The van der Waals surface area contributed by atoms with Crippen molar-refractivity contribution in [3.8, 4) is 0 Å². The van der Waals surface area contributed by atoms with Crippen LogP contribution in [-0.4, -0.2) is 0 Å². The zero-order chi connectivity index (χ0) is 13.7. The summed E-state index contributed by atoms with van der Waals surface area (Å²) in [5, 5.41) is 2.44. The molecule has 0 aliphatic rings. The van der Waals surface area contributed by atoms with Gasteiger partial charge in [-0.15, -0.1) is 19.7 Å². The second-order valence-electron chi connectivity index (χ2n) is 4.58. The average Bonchev–Trinajstić information content (AvgIpc) is 2.43. The van der Waals surface area contributed by atoms with Crippen molar-refractivity contribution < 1.29 is 0 Å². The highest BCUT2D eigenvalue weighted by molar-refractivity contribution is 5.87. The van der Waals surface area contributed by atoms with Gasteiger partial charge in [0.15, 0.2) is 0 Å². The molecule has 0 fully saturated rings. The van der Waals surface area contributed by atoms with Gasteiger partial charge in [-0.1, -0.05) is 42.5 Å². The SMILES string of the molecule is C=CCc1[c]c2ccccc2c(CC=C)c1CC=C. The lowest BCUT2D eigenvalue weighted by molar-refractivity contribution is 1.10. The number of hydrogen-bond acceptors (Lipinski definition) is 0. The van der Waals surface area contributed by atoms with Crippen molar-refractivity contribution in [2.45, 2.75) is 19.3 Å². The van der Waals surface area contributed by atoms with Crippen LogP contribution >= 0.6 is 0 Å². The molecule has 0 heteroatoms. The minimum absolute atomic E-state index is 0.845. The summed E-state index contributed by atoms with van der Waals surface area (Å²) in [5.41, 5.74) is 3.90. The quantitative estimate of drug-likeness (QED) is 0.642. The van der Waals surface area contributed by atoms with E-state index in [0.717, 1.165) is 19.3 Å². The Morgan fingerprint density at radius 3 is 2.16 bits per heavy atom. The van der Waals surface area contributed by atoms with Crippen LogP contribution in [0.4, 0.5) is 0 Å². The Kier molecular flexibility index (Phi) is 4.35. The maximum absolute atomic E-state index is 3.88. The van der Waals surface area contributed by atoms with Crippen LogP contribution in [0.25, 0.3) is 10.8 Å². The molecule has 2 aromatic rings. The van der Waals surface area contributed by atoms with E-state index in [1.54, 1.807) is 0 Å². The Labute approximate surface area is 115 Å². The molecule has 19 heavy (non-hydrogen) atoms. The van der Waals surface area contributed by atoms with Crippen molar-refractivity contribution in [2.24, 2.45) is 0 Å². The number of benzene rings is 2. The molecular formula is C19H19. The zero-order valence-corrected chi connectivity index (χ0v) is 11.3. The molecule has 95 valence electrons. The van der Waals surface area contributed by atoms with Crippen LogP contribution in [-0.2, 0) is 19.3 Å². The third kappa shape index (κ3) is 2.68. The third-order valence-electron chi connectivity index (χ3n) is 3.31. The maximum Gasteiger partial charge on any atom is -0.00579 e. The van der Waals surface area contributed by atoms with E-state index >= 15 is 0 Å². The topological polar surface area (TPSA) is 0 Å². The first-order valence-electron chi connectivity index (χ1n) is 6.59. The van der Waals surface area contributed by atoms with Gasteiger partial charge in [-0.2, -0.15) is 0 Å². The van der Waals surface area contributed by atoms with Crippen LogP contribution in [0, 0.1) is 6.07 Å². The minimum Gasteiger partial charge on any atom is -0.103 e. The first-order valence-corrected chi connectivity index (χ1v) is 6.59. The van der Waals surface area contributed by atoms with E-state index < -0.39 is 0 Å². The molecule has 1 radical (unpaired) electrons. The van der Waals surface area contributed by atoms with E-state index in [1.165, 1.54) is 27.5 Å². The number of hydrogen-bond donors (Lipinski definition) is 0. The Balaban J connectivity index is 2.77. The predicted octanol–water partition coefficient (Wildman–Crippen LogP) is 4.83. The second-order valence-corrected chi connectivity index (χ2v) is 4.58. The van der Waals surface area contributed by atoms with Crippen LogP contribution < -0.4 is 0 Å². The summed E-state index contributed by atoms with van der Waals surface area (Å²) in [7, 11) is 0. The Morgan fingerprint density at radius 2 is 1.47 bits per heavy atom. The molecule has 0 spiro atoms. The molecule has 0 N–H and O–H groups in total. The molecule has 2 rings (SSSR count). The molecule has 0 aliphatic heterocycles. The van der Waals surface area contributed by atoms with Gasteiger partial charge >= 0.3 is 0 Å². The summed E-state index contributed by atoms with van der Waals surface area (Å²) in [6.07, 6.45) is 8.45. The fourth-order valence-corrected chi connectivity index (χ4v) is 2.52. The van der Waals surface area contributed by atoms with Crippen LogP contribution in [0.5, 0.6) is 0 Å². The number of allylic oxidation sites excluding steroid dienone is 3. The molecule has 0 saturated heterocycles. The van der Waals surface area contributed by atoms with Gasteiger partial charge in [0.1, 0.15) is 0 Å². The number of fused-ring (bicyclic) bond motifs is 1. The van der Waals surface area contributed by atoms with Gasteiger partial charge in [0.2, 0.25) is 0 Å². The largest absolute Gasteiger partial charge is 0.103 e. The molecule has 0 heterocycles. The Bertz CT molecular complexity index is 617. The summed E-state index contributed by atoms with van der Waals surface area (Å²) in [6, 6.07) is 11.9. The number of rotatable bonds is 6. The predicted molar refractivity (Wildman–Crippen MR) is 84.5 cm³/mol. The fraction of sp³-hybridized carbons (Fsp3) is 0.158. The summed E-state index contributed by atoms with van der Waals surface area (Å²) >= 11 is 0. The summed E-state index contributed by atoms with van der Waals surface area (Å²) in [6.45, 7) is 11.6. The molecule has 0 bridgehead atoms. The third-order valence-corrected chi connectivity index (χ3v) is 3.31. The van der Waals surface area contributed by atoms with Crippen LogP contribution in [0.1, 0.15) is 16.7 Å². The molecule has 0 aliphatic carbocycles. The van der Waals surface area contributed by atoms with Gasteiger partial charge in [0.05, 0.1) is 0 Å². The maximum atomic E-state index is 3.88. The summed E-state index contributed by atoms with van der Waals surface area (Å²) < 4.78 is 0. The van der Waals surface area contributed by atoms with Gasteiger partial charge in [-0.05, 0) is 52.8 Å². The molecule has 2 aromatic carbocycles. The molecule has 0 unspecified atom stereocenters. The van der Waals surface area contributed by atoms with Gasteiger partial charge in [0, 0.05) is 0 Å². The standard InChI is InChI=1S/C19H19/c1-4-9-15-14-16-12-7-8-13-18(16)19(11-6-3)17(15)10-5-2/h4-8,12-13H,1-3,9-11H2. The monoisotopic (exact) mass is 247 g/mol. The lowest BCUT2D eigenvalue weighted by atomic mass is 9.89. The van der Waals surface area contributed by atoms with Gasteiger partial charge in [-0.3, -0.25) is 0 Å². The lowest BCUT2D eigenvalue weighted by Gasteiger charge is -2.15. The van der Waals surface area contributed by atoms with Crippen molar-refractivity contribution in [3.63, 3.8) is 0 Å². The van der Waals surface area contributed by atoms with Gasteiger partial charge in [-0.25, -0.2) is 0 Å². The molecule has 0 saturated carbocycles. The lowest BCUT2D eigenvalue weighted by Crippen LogP contribution is -2.00. The van der Waals surface area contributed by atoms with Crippen molar-refractivity contribution >= 4 is 10.8 Å². The van der Waals surface area contributed by atoms with Crippen LogP contribution in [0.15, 0.2) is 62.2 Å². The van der Waals surface area contributed by atoms with Crippen LogP contribution in [0.2, 0.25) is 0 Å². The van der Waals surface area contributed by atoms with E-state index in [9.17, 15) is 0 Å².